The van der Waals surface area contributed by atoms with Gasteiger partial charge in [-0.15, -0.1) is 0 Å². The van der Waals surface area contributed by atoms with Crippen molar-refractivity contribution in [3.63, 3.8) is 0 Å². The zero-order valence-corrected chi connectivity index (χ0v) is 26.7. The molecule has 4 aliphatic heterocycles. The molecule has 45 heavy (non-hydrogen) atoms. The van der Waals surface area contributed by atoms with E-state index in [4.69, 9.17) is 14.2 Å². The van der Waals surface area contributed by atoms with Gasteiger partial charge >= 0.3 is 0 Å². The lowest BCUT2D eigenvalue weighted by molar-refractivity contribution is -0.122. The van der Waals surface area contributed by atoms with E-state index in [2.05, 4.69) is 27.3 Å². The minimum atomic E-state index is -0.507. The number of piperazine rings is 1. The Morgan fingerprint density at radius 1 is 1.09 bits per heavy atom. The number of likely N-dealkylation sites (N-methyl/N-ethyl adjacent to an activating group) is 1. The third-order valence-electron chi connectivity index (χ3n) is 11.3. The summed E-state index contributed by atoms with van der Waals surface area (Å²) < 4.78 is 17.5. The largest absolute Gasteiger partial charge is 0.507 e. The molecular weight excluding hydrogens is 572 g/mol. The molecule has 1 aliphatic carbocycles. The molecule has 2 fully saturated rings. The van der Waals surface area contributed by atoms with E-state index in [0.29, 0.717) is 48.0 Å². The van der Waals surface area contributed by atoms with E-state index >= 15 is 0 Å². The minimum Gasteiger partial charge on any atom is -0.507 e. The minimum absolute atomic E-state index is 0.000394. The van der Waals surface area contributed by atoms with E-state index in [1.807, 2.05) is 20.9 Å². The fourth-order valence-corrected chi connectivity index (χ4v) is 9.15. The second-order valence-corrected chi connectivity index (χ2v) is 13.6. The number of phenols is 2. The van der Waals surface area contributed by atoms with E-state index < -0.39 is 12.1 Å². The van der Waals surface area contributed by atoms with Gasteiger partial charge in [-0.05, 0) is 57.2 Å². The Morgan fingerprint density at radius 3 is 2.58 bits per heavy atom. The number of amides is 1. The average molecular weight is 617 g/mol. The van der Waals surface area contributed by atoms with Crippen LogP contribution in [0.15, 0.2) is 6.07 Å². The molecule has 2 aromatic carbocycles. The summed E-state index contributed by atoms with van der Waals surface area (Å²) >= 11 is 0. The van der Waals surface area contributed by atoms with Gasteiger partial charge in [0.15, 0.2) is 23.0 Å². The van der Waals surface area contributed by atoms with Crippen molar-refractivity contribution < 1.29 is 29.2 Å². The molecule has 240 valence electrons. The maximum absolute atomic E-state index is 13.3. The van der Waals surface area contributed by atoms with Crippen molar-refractivity contribution in [1.29, 1.82) is 5.26 Å². The van der Waals surface area contributed by atoms with Gasteiger partial charge in [0.25, 0.3) is 0 Å². The molecule has 10 nitrogen and oxygen atoms in total. The molecule has 0 spiro atoms. The monoisotopic (exact) mass is 616 g/mol. The molecular formula is C35H44N4O6. The zero-order chi connectivity index (χ0) is 31.6. The molecule has 1 unspecified atom stereocenters. The van der Waals surface area contributed by atoms with E-state index in [1.165, 1.54) is 32.1 Å². The van der Waals surface area contributed by atoms with Crippen LogP contribution in [0.3, 0.4) is 0 Å². The molecule has 0 aromatic heterocycles. The molecule has 10 heteroatoms. The van der Waals surface area contributed by atoms with Crippen LogP contribution >= 0.6 is 0 Å². The van der Waals surface area contributed by atoms with Crippen LogP contribution in [-0.2, 0) is 17.6 Å². The van der Waals surface area contributed by atoms with Crippen LogP contribution in [0.4, 0.5) is 0 Å². The Hall–Kier alpha value is -3.68. The Labute approximate surface area is 264 Å². The van der Waals surface area contributed by atoms with Crippen LogP contribution in [0.2, 0.25) is 0 Å². The van der Waals surface area contributed by atoms with Gasteiger partial charge in [0.1, 0.15) is 11.8 Å². The quantitative estimate of drug-likeness (QED) is 0.423. The smallest absolute Gasteiger partial charge is 0.231 e. The van der Waals surface area contributed by atoms with Crippen LogP contribution in [0.5, 0.6) is 28.7 Å². The number of hydrogen-bond donors (Lipinski definition) is 3. The van der Waals surface area contributed by atoms with Crippen molar-refractivity contribution in [2.24, 2.45) is 5.92 Å². The number of methoxy groups -OCH3 is 1. The van der Waals surface area contributed by atoms with Gasteiger partial charge in [-0.3, -0.25) is 14.6 Å². The molecule has 2 aromatic rings. The summed E-state index contributed by atoms with van der Waals surface area (Å²) in [6, 6.07) is 3.05. The number of hydrogen-bond acceptors (Lipinski definition) is 9. The lowest BCUT2D eigenvalue weighted by Crippen LogP contribution is -2.68. The van der Waals surface area contributed by atoms with Gasteiger partial charge in [0, 0.05) is 47.3 Å². The van der Waals surface area contributed by atoms with Crippen LogP contribution in [0.1, 0.15) is 90.4 Å². The second-order valence-electron chi connectivity index (χ2n) is 13.6. The number of nitrogens with one attached hydrogen (secondary N) is 1. The highest BCUT2D eigenvalue weighted by Crippen LogP contribution is 2.58. The first-order chi connectivity index (χ1) is 21.7. The van der Waals surface area contributed by atoms with Crippen LogP contribution in [0.25, 0.3) is 0 Å². The van der Waals surface area contributed by atoms with Gasteiger partial charge in [-0.1, -0.05) is 38.2 Å². The van der Waals surface area contributed by atoms with E-state index in [1.54, 1.807) is 7.11 Å². The van der Waals surface area contributed by atoms with Crippen molar-refractivity contribution in [1.82, 2.24) is 15.1 Å². The SMILES string of the molecule is COc1c(C)cc2c(c1O)[C@@H]1C3Cc4c(O)c(C)c5c(c4[C@H](CNC(=O)CCC4CCCCC4)N3[C@@H](C#N)[C@H](C2)N1C)OCO5. The van der Waals surface area contributed by atoms with Gasteiger partial charge in [0.2, 0.25) is 12.7 Å². The molecule has 5 atom stereocenters. The van der Waals surface area contributed by atoms with E-state index in [0.717, 1.165) is 34.2 Å². The fraction of sp³-hybridized carbons (Fsp3) is 0.600. The van der Waals surface area contributed by atoms with Gasteiger partial charge in [-0.25, -0.2) is 0 Å². The van der Waals surface area contributed by atoms with Crippen LogP contribution < -0.4 is 19.5 Å². The van der Waals surface area contributed by atoms with E-state index in [9.17, 15) is 20.3 Å². The average Bonchev–Trinajstić information content (AvgIpc) is 3.53. The molecule has 3 N–H and O–H groups in total. The van der Waals surface area contributed by atoms with Gasteiger partial charge < -0.3 is 29.7 Å². The third kappa shape index (κ3) is 4.69. The number of rotatable bonds is 6. The number of fused-ring (bicyclic) bond motifs is 9. The predicted octanol–water partition coefficient (Wildman–Crippen LogP) is 4.70. The summed E-state index contributed by atoms with van der Waals surface area (Å²) in [5.41, 5.74) is 4.82. The zero-order valence-electron chi connectivity index (χ0n) is 26.7. The summed E-state index contributed by atoms with van der Waals surface area (Å²) in [5, 5.41) is 37.2. The summed E-state index contributed by atoms with van der Waals surface area (Å²) in [7, 11) is 3.59. The predicted molar refractivity (Wildman–Crippen MR) is 167 cm³/mol. The van der Waals surface area contributed by atoms with Crippen molar-refractivity contribution in [2.75, 3.05) is 27.5 Å². The Morgan fingerprint density at radius 2 is 1.84 bits per heavy atom. The van der Waals surface area contributed by atoms with Crippen molar-refractivity contribution in [3.8, 4) is 34.8 Å². The van der Waals surface area contributed by atoms with Crippen LogP contribution in [-0.4, -0.2) is 71.5 Å². The summed E-state index contributed by atoms with van der Waals surface area (Å²) in [6.07, 6.45) is 8.54. The number of ether oxygens (including phenoxy) is 3. The molecule has 5 aliphatic rings. The van der Waals surface area contributed by atoms with Crippen LogP contribution in [0, 0.1) is 31.1 Å². The summed E-state index contributed by atoms with van der Waals surface area (Å²) in [5.74, 6) is 2.44. The van der Waals surface area contributed by atoms with Crippen molar-refractivity contribution >= 4 is 5.91 Å². The number of phenolic OH excluding ortho intramolecular Hbond substituents is 2. The van der Waals surface area contributed by atoms with Crippen molar-refractivity contribution in [2.45, 2.75) is 102 Å². The molecule has 7 rings (SSSR count). The summed E-state index contributed by atoms with van der Waals surface area (Å²) in [6.45, 7) is 4.07. The first-order valence-electron chi connectivity index (χ1n) is 16.4. The molecule has 4 heterocycles. The molecule has 1 saturated heterocycles. The maximum atomic E-state index is 13.3. The Balaban J connectivity index is 1.31. The number of nitrogens with zero attached hydrogens (tertiary/aromatic N) is 3. The molecule has 1 amide bonds. The maximum Gasteiger partial charge on any atom is 0.231 e. The lowest BCUT2D eigenvalue weighted by Gasteiger charge is -2.60. The fourth-order valence-electron chi connectivity index (χ4n) is 9.15. The summed E-state index contributed by atoms with van der Waals surface area (Å²) in [4.78, 5) is 17.8. The first kappa shape index (κ1) is 30.0. The second kappa shape index (κ2) is 11.6. The van der Waals surface area contributed by atoms with Gasteiger partial charge in [-0.2, -0.15) is 5.26 Å². The number of nitriles is 1. The highest BCUT2D eigenvalue weighted by Gasteiger charge is 2.56. The number of aryl methyl sites for hydroxylation is 1. The number of aromatic hydroxyl groups is 2. The molecule has 2 bridgehead atoms. The molecule has 0 radical (unpaired) electrons. The van der Waals surface area contributed by atoms with Gasteiger partial charge in [0.05, 0.1) is 25.3 Å². The third-order valence-corrected chi connectivity index (χ3v) is 11.3. The number of carbonyl (C=O) groups excluding carboxylic acids is 1. The highest BCUT2D eigenvalue weighted by molar-refractivity contribution is 5.76. The number of carbonyl (C=O) groups is 1. The van der Waals surface area contributed by atoms with Crippen molar-refractivity contribution in [3.05, 3.63) is 39.4 Å². The molecule has 1 saturated carbocycles. The normalized spacial score (nSPS) is 27.2. The highest BCUT2D eigenvalue weighted by atomic mass is 16.7. The van der Waals surface area contributed by atoms with E-state index in [-0.39, 0.29) is 48.9 Å². The number of benzene rings is 2. The standard InChI is InChI=1S/C35H44N4O6/c1-18-12-21-13-23-25(15-36)39-24(30(38(23)3)28(21)32(42)33(18)43-4)14-22-29(35-34(44-17-45-35)19(2)31(22)41)26(39)16-37-27(40)11-10-20-8-6-5-7-9-20/h12,20,23-26,30,41-42H,5-11,13-14,16-17H2,1-4H3,(H,37,40)/t23-,24?,25-,26-,30-/m0/s1. The first-order valence-corrected chi connectivity index (χ1v) is 16.4. The lowest BCUT2D eigenvalue weighted by atomic mass is 9.71. The topological polar surface area (TPSA) is 128 Å². The Kier molecular flexibility index (Phi) is 7.73. The Bertz CT molecular complexity index is 1560.